The average molecular weight is 399 g/mol. The van der Waals surface area contributed by atoms with Crippen molar-refractivity contribution in [2.45, 2.75) is 6.54 Å². The van der Waals surface area contributed by atoms with Crippen molar-refractivity contribution in [2.75, 3.05) is 31.5 Å². The lowest BCUT2D eigenvalue weighted by atomic mass is 10.2. The average Bonchev–Trinajstić information content (AvgIpc) is 2.72. The first-order valence-electron chi connectivity index (χ1n) is 9.21. The van der Waals surface area contributed by atoms with Gasteiger partial charge in [0.2, 0.25) is 0 Å². The summed E-state index contributed by atoms with van der Waals surface area (Å²) < 4.78 is 27.0. The van der Waals surface area contributed by atoms with Crippen LogP contribution in [-0.4, -0.2) is 52.0 Å². The molecule has 2 N–H and O–H groups in total. The minimum absolute atomic E-state index is 0.180. The van der Waals surface area contributed by atoms with E-state index in [1.807, 2.05) is 6.07 Å². The number of hydrogen-bond donors (Lipinski definition) is 2. The molecule has 9 heteroatoms. The third-order valence-corrected chi connectivity index (χ3v) is 4.89. The van der Waals surface area contributed by atoms with Crippen LogP contribution in [0, 0.1) is 11.6 Å². The number of anilines is 1. The maximum absolute atomic E-state index is 13.7. The Labute approximate surface area is 165 Å². The quantitative estimate of drug-likeness (QED) is 0.709. The number of urea groups is 1. The van der Waals surface area contributed by atoms with Crippen molar-refractivity contribution in [1.82, 2.24) is 19.8 Å². The van der Waals surface area contributed by atoms with Crippen LogP contribution in [0.15, 0.2) is 47.3 Å². The van der Waals surface area contributed by atoms with Crippen LogP contribution in [0.5, 0.6) is 0 Å². The zero-order chi connectivity index (χ0) is 20.4. The van der Waals surface area contributed by atoms with Gasteiger partial charge in [0.05, 0.1) is 23.1 Å². The molecule has 0 bridgehead atoms. The summed E-state index contributed by atoms with van der Waals surface area (Å²) in [7, 11) is 0. The summed E-state index contributed by atoms with van der Waals surface area (Å²) in [6.45, 7) is 2.42. The molecule has 3 aromatic rings. The predicted molar refractivity (Wildman–Crippen MR) is 105 cm³/mol. The third-order valence-electron chi connectivity index (χ3n) is 4.89. The van der Waals surface area contributed by atoms with Gasteiger partial charge in [0, 0.05) is 26.2 Å². The highest BCUT2D eigenvalue weighted by Gasteiger charge is 2.23. The molecular formula is C20H19F2N5O2. The lowest BCUT2D eigenvalue weighted by Crippen LogP contribution is -2.49. The number of fused-ring (bicyclic) bond motifs is 1. The van der Waals surface area contributed by atoms with E-state index in [1.165, 1.54) is 17.0 Å². The van der Waals surface area contributed by atoms with Gasteiger partial charge in [-0.2, -0.15) is 0 Å². The van der Waals surface area contributed by atoms with Gasteiger partial charge in [0.1, 0.15) is 5.82 Å². The number of nitrogens with one attached hydrogen (secondary N) is 2. The van der Waals surface area contributed by atoms with E-state index < -0.39 is 17.7 Å². The number of amides is 2. The number of piperazine rings is 1. The first kappa shape index (κ1) is 19.0. The Bertz CT molecular complexity index is 1110. The zero-order valence-corrected chi connectivity index (χ0v) is 15.5. The van der Waals surface area contributed by atoms with Gasteiger partial charge in [-0.3, -0.25) is 9.69 Å². The van der Waals surface area contributed by atoms with Crippen LogP contribution in [-0.2, 0) is 6.54 Å². The van der Waals surface area contributed by atoms with Crippen LogP contribution in [0.25, 0.3) is 10.9 Å². The molecule has 0 spiro atoms. The van der Waals surface area contributed by atoms with Gasteiger partial charge in [-0.15, -0.1) is 0 Å². The molecule has 0 radical (unpaired) electrons. The molecule has 2 amide bonds. The number of hydrogen-bond acceptors (Lipinski definition) is 4. The molecule has 0 unspecified atom stereocenters. The van der Waals surface area contributed by atoms with Crippen molar-refractivity contribution in [3.63, 3.8) is 0 Å². The number of halogens is 2. The number of para-hydroxylation sites is 1. The van der Waals surface area contributed by atoms with Crippen molar-refractivity contribution in [3.8, 4) is 0 Å². The molecular weight excluding hydrogens is 380 g/mol. The highest BCUT2D eigenvalue weighted by atomic mass is 19.2. The summed E-state index contributed by atoms with van der Waals surface area (Å²) in [5.41, 5.74) is 0.275. The number of aromatic amines is 1. The summed E-state index contributed by atoms with van der Waals surface area (Å²) >= 11 is 0. The van der Waals surface area contributed by atoms with E-state index in [9.17, 15) is 18.4 Å². The van der Waals surface area contributed by atoms with Crippen LogP contribution >= 0.6 is 0 Å². The summed E-state index contributed by atoms with van der Waals surface area (Å²) in [6, 6.07) is 10.3. The topological polar surface area (TPSA) is 81.3 Å². The number of benzene rings is 2. The molecule has 29 heavy (non-hydrogen) atoms. The van der Waals surface area contributed by atoms with Gasteiger partial charge < -0.3 is 15.2 Å². The van der Waals surface area contributed by atoms with Crippen molar-refractivity contribution >= 4 is 22.6 Å². The standard InChI is InChI=1S/C20H19F2N5O2/c21-14-5-3-7-16(18(14)22)24-20(29)27-10-8-26(9-11-27)12-17-23-15-6-2-1-4-13(15)19(28)25-17/h1-7H,8-12H2,(H,24,29)(H,23,25,28). The molecule has 1 saturated heterocycles. The van der Waals surface area contributed by atoms with Crippen LogP contribution in [0.1, 0.15) is 5.82 Å². The second-order valence-electron chi connectivity index (χ2n) is 6.82. The van der Waals surface area contributed by atoms with Gasteiger partial charge in [0.25, 0.3) is 5.56 Å². The molecule has 1 aliphatic rings. The number of carbonyl (C=O) groups is 1. The van der Waals surface area contributed by atoms with Crippen LogP contribution in [0.3, 0.4) is 0 Å². The highest BCUT2D eigenvalue weighted by molar-refractivity contribution is 5.89. The van der Waals surface area contributed by atoms with E-state index in [1.54, 1.807) is 18.2 Å². The van der Waals surface area contributed by atoms with Crippen LogP contribution in [0.4, 0.5) is 19.3 Å². The summed E-state index contributed by atoms with van der Waals surface area (Å²) in [6.07, 6.45) is 0. The number of nitrogens with zero attached hydrogens (tertiary/aromatic N) is 3. The Hall–Kier alpha value is -3.33. The van der Waals surface area contributed by atoms with Crippen LogP contribution < -0.4 is 10.9 Å². The number of aromatic nitrogens is 2. The molecule has 1 fully saturated rings. The minimum Gasteiger partial charge on any atom is -0.322 e. The van der Waals surface area contributed by atoms with Crippen molar-refractivity contribution < 1.29 is 13.6 Å². The Morgan fingerprint density at radius 3 is 2.62 bits per heavy atom. The fourth-order valence-corrected chi connectivity index (χ4v) is 3.33. The Morgan fingerprint density at radius 2 is 1.83 bits per heavy atom. The molecule has 150 valence electrons. The van der Waals surface area contributed by atoms with E-state index in [-0.39, 0.29) is 11.2 Å². The molecule has 2 aromatic carbocycles. The Balaban J connectivity index is 1.36. The fraction of sp³-hybridized carbons (Fsp3) is 0.250. The smallest absolute Gasteiger partial charge is 0.322 e. The molecule has 0 saturated carbocycles. The lowest BCUT2D eigenvalue weighted by molar-refractivity contribution is 0.141. The molecule has 7 nitrogen and oxygen atoms in total. The monoisotopic (exact) mass is 399 g/mol. The SMILES string of the molecule is O=C(Nc1cccc(F)c1F)N1CCN(Cc2nc3ccccc3c(=O)[nH]2)CC1. The van der Waals surface area contributed by atoms with Gasteiger partial charge >= 0.3 is 6.03 Å². The molecule has 4 rings (SSSR count). The van der Waals surface area contributed by atoms with E-state index in [0.717, 1.165) is 6.07 Å². The number of H-pyrrole nitrogens is 1. The van der Waals surface area contributed by atoms with E-state index >= 15 is 0 Å². The molecule has 1 aliphatic heterocycles. The zero-order valence-electron chi connectivity index (χ0n) is 15.5. The molecule has 0 atom stereocenters. The molecule has 0 aliphatic carbocycles. The van der Waals surface area contributed by atoms with Crippen LogP contribution in [0.2, 0.25) is 0 Å². The first-order chi connectivity index (χ1) is 14.0. The van der Waals surface area contributed by atoms with Gasteiger partial charge in [0.15, 0.2) is 11.6 Å². The molecule has 1 aromatic heterocycles. The van der Waals surface area contributed by atoms with E-state index in [0.29, 0.717) is 49.5 Å². The largest absolute Gasteiger partial charge is 0.322 e. The Morgan fingerprint density at radius 1 is 1.07 bits per heavy atom. The van der Waals surface area contributed by atoms with Crippen molar-refractivity contribution in [2.24, 2.45) is 0 Å². The van der Waals surface area contributed by atoms with Gasteiger partial charge in [-0.1, -0.05) is 18.2 Å². The summed E-state index contributed by atoms with van der Waals surface area (Å²) in [4.78, 5) is 35.4. The molecule has 2 heterocycles. The predicted octanol–water partition coefficient (Wildman–Crippen LogP) is 2.55. The van der Waals surface area contributed by atoms with E-state index in [2.05, 4.69) is 20.2 Å². The normalized spacial score (nSPS) is 14.9. The first-order valence-corrected chi connectivity index (χ1v) is 9.21. The highest BCUT2D eigenvalue weighted by Crippen LogP contribution is 2.17. The fourth-order valence-electron chi connectivity index (χ4n) is 3.33. The van der Waals surface area contributed by atoms with Gasteiger partial charge in [-0.25, -0.2) is 18.6 Å². The minimum atomic E-state index is -1.08. The lowest BCUT2D eigenvalue weighted by Gasteiger charge is -2.34. The van der Waals surface area contributed by atoms with E-state index in [4.69, 9.17) is 0 Å². The maximum Gasteiger partial charge on any atom is 0.322 e. The summed E-state index contributed by atoms with van der Waals surface area (Å²) in [5, 5.41) is 2.95. The van der Waals surface area contributed by atoms with Gasteiger partial charge in [-0.05, 0) is 24.3 Å². The Kier molecular flexibility index (Phi) is 5.22. The van der Waals surface area contributed by atoms with Crippen molar-refractivity contribution in [1.29, 1.82) is 0 Å². The second-order valence-corrected chi connectivity index (χ2v) is 6.82. The third kappa shape index (κ3) is 4.09. The number of rotatable bonds is 3. The van der Waals surface area contributed by atoms with Crippen molar-refractivity contribution in [3.05, 3.63) is 70.3 Å². The second kappa shape index (κ2) is 7.96. The number of carbonyl (C=O) groups excluding carboxylic acids is 1. The summed E-state index contributed by atoms with van der Waals surface area (Å²) in [5.74, 6) is -1.52. The maximum atomic E-state index is 13.7.